The van der Waals surface area contributed by atoms with E-state index in [1.54, 1.807) is 12.1 Å². The Labute approximate surface area is 120 Å². The highest BCUT2D eigenvalue weighted by Crippen LogP contribution is 2.63. The second-order valence-corrected chi connectivity index (χ2v) is 7.30. The van der Waals surface area contributed by atoms with Crippen molar-refractivity contribution in [3.05, 3.63) is 29.6 Å². The van der Waals surface area contributed by atoms with E-state index in [0.29, 0.717) is 11.3 Å². The molecule has 2 aliphatic rings. The van der Waals surface area contributed by atoms with Crippen LogP contribution in [0, 0.1) is 33.9 Å². The van der Waals surface area contributed by atoms with Gasteiger partial charge in [-0.05, 0) is 54.2 Å². The van der Waals surface area contributed by atoms with E-state index in [1.165, 1.54) is 25.3 Å². The molecule has 1 aromatic carbocycles. The van der Waals surface area contributed by atoms with Crippen LogP contribution in [0.2, 0.25) is 0 Å². The van der Waals surface area contributed by atoms with E-state index < -0.39 is 0 Å². The highest BCUT2D eigenvalue weighted by atomic mass is 19.1. The molecule has 2 aliphatic carbocycles. The van der Waals surface area contributed by atoms with Gasteiger partial charge < -0.3 is 5.32 Å². The predicted octanol–water partition coefficient (Wildman–Crippen LogP) is 4.32. The standard InChI is InChI=1S/C17H21FN2/c1-16(2)12-6-7-17(3,9-12)15(16)20-14-5-4-11(10-19)8-13(14)18/h4-5,8,12,15,20H,6-7,9H2,1-3H3/t12-,15?,17+/m0/s1. The van der Waals surface area contributed by atoms with E-state index in [1.807, 2.05) is 6.07 Å². The Morgan fingerprint density at radius 3 is 2.65 bits per heavy atom. The fourth-order valence-electron chi connectivity index (χ4n) is 4.52. The zero-order chi connectivity index (χ0) is 14.5. The Hall–Kier alpha value is -1.56. The highest BCUT2D eigenvalue weighted by molar-refractivity contribution is 5.50. The van der Waals surface area contributed by atoms with E-state index in [-0.39, 0.29) is 22.7 Å². The SMILES string of the molecule is CC1(C)C(Nc2ccc(C#N)cc2F)[C@]2(C)CC[C@H]1C2. The van der Waals surface area contributed by atoms with Crippen LogP contribution in [0.5, 0.6) is 0 Å². The minimum atomic E-state index is -0.328. The van der Waals surface area contributed by atoms with Crippen LogP contribution < -0.4 is 5.32 Å². The Balaban J connectivity index is 1.90. The van der Waals surface area contributed by atoms with Gasteiger partial charge in [0.25, 0.3) is 0 Å². The van der Waals surface area contributed by atoms with Gasteiger partial charge in [-0.25, -0.2) is 4.39 Å². The van der Waals surface area contributed by atoms with E-state index in [2.05, 4.69) is 26.1 Å². The molecule has 1 aromatic rings. The Morgan fingerprint density at radius 1 is 1.35 bits per heavy atom. The first-order valence-electron chi connectivity index (χ1n) is 7.33. The molecule has 2 saturated carbocycles. The van der Waals surface area contributed by atoms with Crippen molar-refractivity contribution in [3.8, 4) is 6.07 Å². The van der Waals surface area contributed by atoms with Gasteiger partial charge in [0.1, 0.15) is 5.82 Å². The summed E-state index contributed by atoms with van der Waals surface area (Å²) in [5.41, 5.74) is 1.34. The van der Waals surface area contributed by atoms with Gasteiger partial charge in [-0.15, -0.1) is 0 Å². The molecule has 1 unspecified atom stereocenters. The lowest BCUT2D eigenvalue weighted by Crippen LogP contribution is -2.45. The number of benzene rings is 1. The molecule has 0 heterocycles. The first kappa shape index (κ1) is 13.4. The molecule has 3 rings (SSSR count). The average molecular weight is 272 g/mol. The number of rotatable bonds is 2. The summed E-state index contributed by atoms with van der Waals surface area (Å²) in [6.45, 7) is 6.91. The lowest BCUT2D eigenvalue weighted by molar-refractivity contribution is 0.155. The second kappa shape index (κ2) is 4.22. The molecular weight excluding hydrogens is 251 g/mol. The third-order valence-corrected chi connectivity index (χ3v) is 5.67. The van der Waals surface area contributed by atoms with Crippen LogP contribution >= 0.6 is 0 Å². The average Bonchev–Trinajstić information content (AvgIpc) is 2.87. The Morgan fingerprint density at radius 2 is 2.10 bits per heavy atom. The van der Waals surface area contributed by atoms with E-state index >= 15 is 0 Å². The largest absolute Gasteiger partial charge is 0.379 e. The number of anilines is 1. The van der Waals surface area contributed by atoms with Crippen molar-refractivity contribution < 1.29 is 4.39 Å². The van der Waals surface area contributed by atoms with Gasteiger partial charge in [0, 0.05) is 6.04 Å². The fourth-order valence-corrected chi connectivity index (χ4v) is 4.52. The lowest BCUT2D eigenvalue weighted by atomic mass is 9.68. The Kier molecular flexibility index (Phi) is 2.83. The maximum Gasteiger partial charge on any atom is 0.147 e. The van der Waals surface area contributed by atoms with Crippen LogP contribution in [0.15, 0.2) is 18.2 Å². The number of nitrogens with zero attached hydrogens (tertiary/aromatic N) is 1. The molecule has 106 valence electrons. The van der Waals surface area contributed by atoms with Crippen LogP contribution in [-0.2, 0) is 0 Å². The molecule has 3 atom stereocenters. The number of hydrogen-bond acceptors (Lipinski definition) is 2. The molecule has 0 aliphatic heterocycles. The molecule has 2 nitrogen and oxygen atoms in total. The summed E-state index contributed by atoms with van der Waals surface area (Å²) in [7, 11) is 0. The van der Waals surface area contributed by atoms with Crippen molar-refractivity contribution in [3.63, 3.8) is 0 Å². The number of nitrogens with one attached hydrogen (secondary N) is 1. The van der Waals surface area contributed by atoms with Gasteiger partial charge in [0.05, 0.1) is 17.3 Å². The number of fused-ring (bicyclic) bond motifs is 2. The third kappa shape index (κ3) is 1.82. The van der Waals surface area contributed by atoms with E-state index in [0.717, 1.165) is 5.92 Å². The summed E-state index contributed by atoms with van der Waals surface area (Å²) in [5, 5.41) is 12.2. The smallest absolute Gasteiger partial charge is 0.147 e. The van der Waals surface area contributed by atoms with Crippen LogP contribution in [0.25, 0.3) is 0 Å². The summed E-state index contributed by atoms with van der Waals surface area (Å²) in [6, 6.07) is 6.94. The molecule has 2 fully saturated rings. The zero-order valence-corrected chi connectivity index (χ0v) is 12.3. The molecule has 0 spiro atoms. The maximum atomic E-state index is 14.1. The first-order valence-corrected chi connectivity index (χ1v) is 7.33. The van der Waals surface area contributed by atoms with E-state index in [9.17, 15) is 4.39 Å². The van der Waals surface area contributed by atoms with Crippen molar-refractivity contribution in [2.45, 2.75) is 46.1 Å². The van der Waals surface area contributed by atoms with Gasteiger partial charge in [0.2, 0.25) is 0 Å². The van der Waals surface area contributed by atoms with Gasteiger partial charge >= 0.3 is 0 Å². The van der Waals surface area contributed by atoms with Crippen molar-refractivity contribution in [2.24, 2.45) is 16.7 Å². The van der Waals surface area contributed by atoms with Gasteiger partial charge in [-0.3, -0.25) is 0 Å². The van der Waals surface area contributed by atoms with Gasteiger partial charge in [-0.2, -0.15) is 5.26 Å². The molecule has 0 amide bonds. The summed E-state index contributed by atoms with van der Waals surface area (Å²) < 4.78 is 14.1. The van der Waals surface area contributed by atoms with Crippen molar-refractivity contribution in [2.75, 3.05) is 5.32 Å². The molecule has 1 N–H and O–H groups in total. The quantitative estimate of drug-likeness (QED) is 0.870. The van der Waals surface area contributed by atoms with Crippen LogP contribution in [0.3, 0.4) is 0 Å². The number of nitriles is 1. The normalized spacial score (nSPS) is 34.0. The van der Waals surface area contributed by atoms with Gasteiger partial charge in [-0.1, -0.05) is 20.8 Å². The number of hydrogen-bond donors (Lipinski definition) is 1. The van der Waals surface area contributed by atoms with E-state index in [4.69, 9.17) is 5.26 Å². The summed E-state index contributed by atoms with van der Waals surface area (Å²) in [5.74, 6) is 0.401. The van der Waals surface area contributed by atoms with Crippen molar-refractivity contribution in [1.82, 2.24) is 0 Å². The first-order chi connectivity index (χ1) is 9.37. The molecule has 0 radical (unpaired) electrons. The van der Waals surface area contributed by atoms with Crippen molar-refractivity contribution in [1.29, 1.82) is 5.26 Å². The predicted molar refractivity (Wildman–Crippen MR) is 77.8 cm³/mol. The van der Waals surface area contributed by atoms with Crippen LogP contribution in [-0.4, -0.2) is 6.04 Å². The molecular formula is C17H21FN2. The maximum absolute atomic E-state index is 14.1. The second-order valence-electron chi connectivity index (χ2n) is 7.30. The zero-order valence-electron chi connectivity index (χ0n) is 12.3. The van der Waals surface area contributed by atoms with Gasteiger partial charge in [0.15, 0.2) is 0 Å². The lowest BCUT2D eigenvalue weighted by Gasteiger charge is -2.43. The van der Waals surface area contributed by atoms with Crippen molar-refractivity contribution >= 4 is 5.69 Å². The molecule has 0 aromatic heterocycles. The third-order valence-electron chi connectivity index (χ3n) is 5.67. The fraction of sp³-hybridized carbons (Fsp3) is 0.588. The summed E-state index contributed by atoms with van der Waals surface area (Å²) in [6.07, 6.45) is 3.74. The molecule has 3 heteroatoms. The molecule has 0 saturated heterocycles. The monoisotopic (exact) mass is 272 g/mol. The molecule has 2 bridgehead atoms. The van der Waals surface area contributed by atoms with Crippen LogP contribution in [0.1, 0.15) is 45.6 Å². The minimum Gasteiger partial charge on any atom is -0.379 e. The Bertz CT molecular complexity index is 582. The van der Waals surface area contributed by atoms with Crippen LogP contribution in [0.4, 0.5) is 10.1 Å². The topological polar surface area (TPSA) is 35.8 Å². The summed E-state index contributed by atoms with van der Waals surface area (Å²) >= 11 is 0. The summed E-state index contributed by atoms with van der Waals surface area (Å²) in [4.78, 5) is 0. The number of halogens is 1. The minimum absolute atomic E-state index is 0.188. The molecule has 20 heavy (non-hydrogen) atoms. The highest BCUT2D eigenvalue weighted by Gasteiger charge is 2.59.